The zero-order chi connectivity index (χ0) is 17.7. The zero-order valence-corrected chi connectivity index (χ0v) is 16.0. The second kappa shape index (κ2) is 8.28. The summed E-state index contributed by atoms with van der Waals surface area (Å²) in [6.07, 6.45) is 0. The van der Waals surface area contributed by atoms with Gasteiger partial charge in [0.1, 0.15) is 0 Å². The molecule has 126 valence electrons. The van der Waals surface area contributed by atoms with Gasteiger partial charge in [0, 0.05) is 16.4 Å². The Morgan fingerprint density at radius 3 is 2.17 bits per heavy atom. The molecule has 0 saturated carbocycles. The minimum Gasteiger partial charge on any atom is -0.331 e. The van der Waals surface area contributed by atoms with E-state index in [9.17, 15) is 0 Å². The van der Waals surface area contributed by atoms with E-state index in [1.54, 1.807) is 0 Å². The van der Waals surface area contributed by atoms with E-state index in [4.69, 9.17) is 36.0 Å². The van der Waals surface area contributed by atoms with Crippen molar-refractivity contribution < 1.29 is 0 Å². The van der Waals surface area contributed by atoms with Crippen molar-refractivity contribution in [3.8, 4) is 0 Å². The Balaban J connectivity index is 1.88. The number of hydrogen-bond donors (Lipinski definition) is 4. The summed E-state index contributed by atoms with van der Waals surface area (Å²) in [5.41, 5.74) is 10.7. The van der Waals surface area contributed by atoms with Crippen molar-refractivity contribution in [2.45, 2.75) is 20.8 Å². The lowest BCUT2D eigenvalue weighted by Crippen LogP contribution is -2.45. The second-order valence-electron chi connectivity index (χ2n) is 5.39. The van der Waals surface area contributed by atoms with Crippen LogP contribution in [0.2, 0.25) is 5.02 Å². The molecule has 0 saturated heterocycles. The summed E-state index contributed by atoms with van der Waals surface area (Å²) in [7, 11) is 0. The summed E-state index contributed by atoms with van der Waals surface area (Å²) in [6.45, 7) is 5.98. The van der Waals surface area contributed by atoms with Crippen LogP contribution in [0.25, 0.3) is 0 Å². The van der Waals surface area contributed by atoms with Crippen molar-refractivity contribution in [2.75, 3.05) is 10.6 Å². The van der Waals surface area contributed by atoms with Gasteiger partial charge in [-0.05, 0) is 80.1 Å². The van der Waals surface area contributed by atoms with Gasteiger partial charge in [0.05, 0.1) is 0 Å². The molecule has 24 heavy (non-hydrogen) atoms. The highest BCUT2D eigenvalue weighted by Gasteiger charge is 2.05. The lowest BCUT2D eigenvalue weighted by molar-refractivity contribution is 0.885. The van der Waals surface area contributed by atoms with Crippen LogP contribution in [0.5, 0.6) is 0 Å². The molecule has 4 N–H and O–H groups in total. The molecular formula is C17H19ClN4S2. The van der Waals surface area contributed by atoms with E-state index in [1.807, 2.05) is 51.1 Å². The summed E-state index contributed by atoms with van der Waals surface area (Å²) in [6, 6.07) is 11.7. The van der Waals surface area contributed by atoms with Gasteiger partial charge in [-0.3, -0.25) is 10.9 Å². The molecule has 0 unspecified atom stereocenters. The van der Waals surface area contributed by atoms with E-state index >= 15 is 0 Å². The van der Waals surface area contributed by atoms with Crippen LogP contribution in [-0.4, -0.2) is 10.2 Å². The van der Waals surface area contributed by atoms with Gasteiger partial charge in [0.15, 0.2) is 10.2 Å². The first-order valence-electron chi connectivity index (χ1n) is 7.33. The molecule has 0 aliphatic rings. The smallest absolute Gasteiger partial charge is 0.189 e. The third-order valence-corrected chi connectivity index (χ3v) is 4.26. The molecule has 7 heteroatoms. The normalized spacial score (nSPS) is 10.0. The Kier molecular flexibility index (Phi) is 6.36. The van der Waals surface area contributed by atoms with E-state index in [0.717, 1.165) is 28.1 Å². The van der Waals surface area contributed by atoms with E-state index in [2.05, 4.69) is 27.6 Å². The molecule has 0 aromatic heterocycles. The van der Waals surface area contributed by atoms with Crippen molar-refractivity contribution in [2.24, 2.45) is 0 Å². The number of nitrogens with one attached hydrogen (secondary N) is 4. The van der Waals surface area contributed by atoms with Crippen molar-refractivity contribution in [1.29, 1.82) is 0 Å². The van der Waals surface area contributed by atoms with Gasteiger partial charge in [-0.25, -0.2) is 0 Å². The monoisotopic (exact) mass is 378 g/mol. The van der Waals surface area contributed by atoms with Crippen LogP contribution in [0.4, 0.5) is 11.4 Å². The van der Waals surface area contributed by atoms with Crippen molar-refractivity contribution in [1.82, 2.24) is 10.9 Å². The summed E-state index contributed by atoms with van der Waals surface area (Å²) >= 11 is 16.6. The summed E-state index contributed by atoms with van der Waals surface area (Å²) < 4.78 is 0. The fourth-order valence-electron chi connectivity index (χ4n) is 2.03. The van der Waals surface area contributed by atoms with Gasteiger partial charge < -0.3 is 10.6 Å². The number of halogens is 1. The highest BCUT2D eigenvalue weighted by molar-refractivity contribution is 7.81. The van der Waals surface area contributed by atoms with Crippen LogP contribution in [0.15, 0.2) is 36.4 Å². The van der Waals surface area contributed by atoms with Gasteiger partial charge >= 0.3 is 0 Å². The van der Waals surface area contributed by atoms with Crippen molar-refractivity contribution in [3.05, 3.63) is 58.1 Å². The number of hydrazine groups is 1. The molecular weight excluding hydrogens is 360 g/mol. The number of anilines is 2. The Labute approximate surface area is 158 Å². The van der Waals surface area contributed by atoms with Crippen LogP contribution >= 0.6 is 36.0 Å². The molecule has 0 aliphatic heterocycles. The zero-order valence-electron chi connectivity index (χ0n) is 13.7. The third-order valence-electron chi connectivity index (χ3n) is 3.45. The van der Waals surface area contributed by atoms with E-state index in [-0.39, 0.29) is 0 Å². The maximum atomic E-state index is 6.09. The average molecular weight is 379 g/mol. The summed E-state index contributed by atoms with van der Waals surface area (Å²) in [5, 5.41) is 7.72. The number of aryl methyl sites for hydroxylation is 2. The quantitative estimate of drug-likeness (QED) is 0.457. The van der Waals surface area contributed by atoms with Crippen LogP contribution in [0.1, 0.15) is 16.7 Å². The Hall–Kier alpha value is -1.89. The minimum atomic E-state index is 0.394. The summed E-state index contributed by atoms with van der Waals surface area (Å²) in [4.78, 5) is 0. The van der Waals surface area contributed by atoms with Crippen LogP contribution in [0, 0.1) is 20.8 Å². The predicted octanol–water partition coefficient (Wildman–Crippen LogP) is 4.45. The van der Waals surface area contributed by atoms with Crippen LogP contribution in [-0.2, 0) is 0 Å². The van der Waals surface area contributed by atoms with Gasteiger partial charge in [0.25, 0.3) is 0 Å². The molecule has 0 heterocycles. The molecule has 2 aromatic rings. The summed E-state index contributed by atoms with van der Waals surface area (Å²) in [5.74, 6) is 0. The molecule has 0 atom stereocenters. The highest BCUT2D eigenvalue weighted by Crippen LogP contribution is 2.22. The second-order valence-corrected chi connectivity index (χ2v) is 6.61. The topological polar surface area (TPSA) is 48.1 Å². The lowest BCUT2D eigenvalue weighted by atomic mass is 10.1. The maximum Gasteiger partial charge on any atom is 0.189 e. The highest BCUT2D eigenvalue weighted by atomic mass is 35.5. The van der Waals surface area contributed by atoms with E-state index in [1.165, 1.54) is 0 Å². The van der Waals surface area contributed by atoms with Gasteiger partial charge in [-0.2, -0.15) is 0 Å². The molecule has 0 amide bonds. The molecule has 0 aliphatic carbocycles. The molecule has 0 spiro atoms. The number of hydrogen-bond acceptors (Lipinski definition) is 2. The van der Waals surface area contributed by atoms with E-state index in [0.29, 0.717) is 15.2 Å². The Morgan fingerprint density at radius 1 is 0.875 bits per heavy atom. The standard InChI is InChI=1S/C17H19ClN4S2/c1-10-7-8-11(2)15(9-10)20-17(24)22-21-16(23)19-14-6-4-5-13(18)12(14)3/h4-9H,1-3H3,(H2,19,21,23)(H2,20,22,24). The fourth-order valence-corrected chi connectivity index (χ4v) is 2.53. The molecule has 2 aromatic carbocycles. The first-order chi connectivity index (χ1) is 11.4. The molecule has 0 radical (unpaired) electrons. The number of thiocarbonyl (C=S) groups is 2. The lowest BCUT2D eigenvalue weighted by Gasteiger charge is -2.16. The first kappa shape index (κ1) is 18.4. The number of rotatable bonds is 2. The Morgan fingerprint density at radius 2 is 1.50 bits per heavy atom. The van der Waals surface area contributed by atoms with Crippen LogP contribution < -0.4 is 21.5 Å². The molecule has 2 rings (SSSR count). The molecule has 0 bridgehead atoms. The van der Waals surface area contributed by atoms with Crippen molar-refractivity contribution >= 4 is 57.6 Å². The van der Waals surface area contributed by atoms with Crippen LogP contribution in [0.3, 0.4) is 0 Å². The third kappa shape index (κ3) is 5.06. The largest absolute Gasteiger partial charge is 0.331 e. The first-order valence-corrected chi connectivity index (χ1v) is 8.52. The SMILES string of the molecule is Cc1ccc(C)c(NC(=S)NNC(=S)Nc2cccc(Cl)c2C)c1. The molecule has 4 nitrogen and oxygen atoms in total. The minimum absolute atomic E-state index is 0.394. The fraction of sp³-hybridized carbons (Fsp3) is 0.176. The average Bonchev–Trinajstić information content (AvgIpc) is 2.53. The Bertz CT molecular complexity index is 761. The predicted molar refractivity (Wildman–Crippen MR) is 111 cm³/mol. The van der Waals surface area contributed by atoms with Gasteiger partial charge in [0.2, 0.25) is 0 Å². The maximum absolute atomic E-state index is 6.09. The molecule has 0 fully saturated rings. The number of benzene rings is 2. The van der Waals surface area contributed by atoms with E-state index < -0.39 is 0 Å². The van der Waals surface area contributed by atoms with Gasteiger partial charge in [-0.1, -0.05) is 29.8 Å². The van der Waals surface area contributed by atoms with Gasteiger partial charge in [-0.15, -0.1) is 0 Å². The van der Waals surface area contributed by atoms with Crippen molar-refractivity contribution in [3.63, 3.8) is 0 Å².